The van der Waals surface area contributed by atoms with Crippen molar-refractivity contribution in [3.8, 4) is 0 Å². The number of H-pyrrole nitrogens is 1. The number of aromatic nitrogens is 2. The van der Waals surface area contributed by atoms with Gasteiger partial charge in [0.1, 0.15) is 5.82 Å². The van der Waals surface area contributed by atoms with Crippen LogP contribution in [-0.4, -0.2) is 65.0 Å². The molecule has 2 aromatic rings. The van der Waals surface area contributed by atoms with Gasteiger partial charge in [0.2, 0.25) is 17.7 Å². The molecule has 3 amide bonds. The van der Waals surface area contributed by atoms with E-state index in [0.717, 1.165) is 48.4 Å². The van der Waals surface area contributed by atoms with Crippen LogP contribution < -0.4 is 0 Å². The number of benzene rings is 1. The number of amides is 3. The molecule has 9 heteroatoms. The molecule has 1 N–H and O–H groups in total. The fraction of sp³-hybridized carbons (Fsp3) is 0.520. The van der Waals surface area contributed by atoms with Crippen molar-refractivity contribution in [3.63, 3.8) is 0 Å². The number of methoxy groups -OCH3 is 1. The number of carbonyl (C=O) groups is 3. The Morgan fingerprint density at radius 3 is 2.76 bits per heavy atom. The lowest BCUT2D eigenvalue weighted by molar-refractivity contribution is -0.143. The number of imide groups is 1. The van der Waals surface area contributed by atoms with E-state index in [1.807, 2.05) is 0 Å². The Morgan fingerprint density at radius 1 is 1.24 bits per heavy atom. The lowest BCUT2D eigenvalue weighted by Gasteiger charge is -2.29. The average molecular weight is 471 g/mol. The highest BCUT2D eigenvalue weighted by Crippen LogP contribution is 2.41. The fourth-order valence-corrected chi connectivity index (χ4v) is 5.07. The number of carbonyl (C=O) groups excluding carboxylic acids is 3. The third-order valence-electron chi connectivity index (χ3n) is 6.97. The molecule has 1 aromatic heterocycles. The zero-order chi connectivity index (χ0) is 24.3. The number of ether oxygens (including phenoxy) is 1. The quantitative estimate of drug-likeness (QED) is 0.473. The van der Waals surface area contributed by atoms with E-state index in [1.54, 1.807) is 13.1 Å². The van der Waals surface area contributed by atoms with Crippen LogP contribution in [0.3, 0.4) is 0 Å². The summed E-state index contributed by atoms with van der Waals surface area (Å²) >= 11 is 0. The van der Waals surface area contributed by atoms with E-state index in [-0.39, 0.29) is 44.0 Å². The van der Waals surface area contributed by atoms with Crippen LogP contribution >= 0.6 is 0 Å². The first-order valence-corrected chi connectivity index (χ1v) is 11.7. The van der Waals surface area contributed by atoms with Crippen molar-refractivity contribution >= 4 is 17.7 Å². The lowest BCUT2D eigenvalue weighted by atomic mass is 9.75. The highest BCUT2D eigenvalue weighted by Gasteiger charge is 2.54. The van der Waals surface area contributed by atoms with Crippen LogP contribution in [0.25, 0.3) is 0 Å². The van der Waals surface area contributed by atoms with Gasteiger partial charge in [0.25, 0.3) is 0 Å². The van der Waals surface area contributed by atoms with E-state index in [1.165, 1.54) is 35.8 Å². The van der Waals surface area contributed by atoms with Gasteiger partial charge in [0, 0.05) is 38.3 Å². The number of fused-ring (bicyclic) bond motifs is 1. The van der Waals surface area contributed by atoms with E-state index in [9.17, 15) is 18.8 Å². The third-order valence-corrected chi connectivity index (χ3v) is 6.97. The van der Waals surface area contributed by atoms with Gasteiger partial charge in [0.05, 0.1) is 30.8 Å². The number of rotatable bonds is 8. The number of nitrogens with zero attached hydrogens (tertiary/aromatic N) is 3. The van der Waals surface area contributed by atoms with Gasteiger partial charge >= 0.3 is 0 Å². The van der Waals surface area contributed by atoms with Crippen LogP contribution in [-0.2, 0) is 43.9 Å². The molecule has 0 bridgehead atoms. The van der Waals surface area contributed by atoms with Gasteiger partial charge in [-0.25, -0.2) is 4.39 Å². The summed E-state index contributed by atoms with van der Waals surface area (Å²) in [4.78, 5) is 42.3. The van der Waals surface area contributed by atoms with Gasteiger partial charge in [-0.15, -0.1) is 0 Å². The second-order valence-electron chi connectivity index (χ2n) is 9.20. The van der Waals surface area contributed by atoms with Crippen LogP contribution in [0, 0.1) is 5.82 Å². The Bertz CT molecular complexity index is 1080. The lowest BCUT2D eigenvalue weighted by Crippen LogP contribution is -2.44. The van der Waals surface area contributed by atoms with Crippen molar-refractivity contribution in [2.24, 2.45) is 0 Å². The predicted molar refractivity (Wildman–Crippen MR) is 122 cm³/mol. The maximum atomic E-state index is 14.9. The molecule has 0 radical (unpaired) electrons. The smallest absolute Gasteiger partial charge is 0.241 e. The number of aryl methyl sites for hydroxylation is 1. The number of hydrogen-bond acceptors (Lipinski definition) is 5. The van der Waals surface area contributed by atoms with Crippen LogP contribution in [0.15, 0.2) is 24.3 Å². The van der Waals surface area contributed by atoms with Crippen molar-refractivity contribution in [3.05, 3.63) is 52.6 Å². The first-order valence-electron chi connectivity index (χ1n) is 11.7. The van der Waals surface area contributed by atoms with E-state index >= 15 is 0 Å². The first kappa shape index (κ1) is 24.1. The first-order chi connectivity index (χ1) is 16.4. The van der Waals surface area contributed by atoms with Gasteiger partial charge in [-0.2, -0.15) is 5.10 Å². The summed E-state index contributed by atoms with van der Waals surface area (Å²) < 4.78 is 19.9. The summed E-state index contributed by atoms with van der Waals surface area (Å²) in [7, 11) is 3.13. The minimum Gasteiger partial charge on any atom is -0.383 e. The Balaban J connectivity index is 1.59. The summed E-state index contributed by atoms with van der Waals surface area (Å²) in [6.07, 6.45) is 4.68. The summed E-state index contributed by atoms with van der Waals surface area (Å²) in [5, 5.41) is 7.54. The molecule has 0 unspecified atom stereocenters. The molecular weight excluding hydrogens is 439 g/mol. The zero-order valence-corrected chi connectivity index (χ0v) is 19.7. The van der Waals surface area contributed by atoms with Gasteiger partial charge in [0.15, 0.2) is 0 Å². The minimum absolute atomic E-state index is 0.0633. The van der Waals surface area contributed by atoms with Crippen LogP contribution in [0.4, 0.5) is 4.39 Å². The molecule has 0 saturated carbocycles. The molecule has 0 spiro atoms. The number of halogens is 1. The standard InChI is InChI=1S/C25H31FN4O4/c1-29(16-21-17-8-4-3-5-11-20(17)27-28-21)22(31)14-25(18-9-6-7-10-19(18)26)15-23(32)30(24(25)33)12-13-34-2/h6-7,9-10H,3-5,8,11-16H2,1-2H3,(H,27,28)/t25-/m0/s1. The Kier molecular flexibility index (Phi) is 7.11. The maximum absolute atomic E-state index is 14.9. The second-order valence-corrected chi connectivity index (χ2v) is 9.20. The second kappa shape index (κ2) is 10.0. The summed E-state index contributed by atoms with van der Waals surface area (Å²) in [5.41, 5.74) is 1.61. The van der Waals surface area contributed by atoms with E-state index in [2.05, 4.69) is 10.2 Å². The van der Waals surface area contributed by atoms with Crippen LogP contribution in [0.1, 0.15) is 54.6 Å². The normalized spacial score (nSPS) is 20.4. The minimum atomic E-state index is -1.58. The number of likely N-dealkylation sites (tertiary alicyclic amines) is 1. The Labute approximate surface area is 198 Å². The van der Waals surface area contributed by atoms with Gasteiger partial charge in [-0.05, 0) is 37.3 Å². The third kappa shape index (κ3) is 4.49. The van der Waals surface area contributed by atoms with Gasteiger partial charge in [-0.1, -0.05) is 24.6 Å². The molecule has 2 aliphatic rings. The Hall–Kier alpha value is -3.07. The van der Waals surface area contributed by atoms with E-state index in [4.69, 9.17) is 4.74 Å². The highest BCUT2D eigenvalue weighted by molar-refractivity contribution is 6.10. The van der Waals surface area contributed by atoms with Crippen LogP contribution in [0.5, 0.6) is 0 Å². The maximum Gasteiger partial charge on any atom is 0.241 e. The summed E-state index contributed by atoms with van der Waals surface area (Å²) in [6, 6.07) is 5.87. The van der Waals surface area contributed by atoms with Crippen LogP contribution in [0.2, 0.25) is 0 Å². The zero-order valence-electron chi connectivity index (χ0n) is 19.7. The number of hydrogen-bond donors (Lipinski definition) is 1. The molecule has 1 atom stereocenters. The molecule has 1 fully saturated rings. The fourth-order valence-electron chi connectivity index (χ4n) is 5.07. The topological polar surface area (TPSA) is 95.6 Å². The van der Waals surface area contributed by atoms with Gasteiger partial charge < -0.3 is 9.64 Å². The summed E-state index contributed by atoms with van der Waals surface area (Å²) in [5.74, 6) is -1.94. The molecule has 182 valence electrons. The van der Waals surface area contributed by atoms with Crippen molar-refractivity contribution in [1.29, 1.82) is 0 Å². The number of nitrogens with one attached hydrogen (secondary N) is 1. The molecule has 1 aliphatic heterocycles. The molecule has 34 heavy (non-hydrogen) atoms. The molecule has 1 aromatic carbocycles. The molecule has 1 saturated heterocycles. The predicted octanol–water partition coefficient (Wildman–Crippen LogP) is 2.51. The Morgan fingerprint density at radius 2 is 2.00 bits per heavy atom. The SMILES string of the molecule is COCCN1C(=O)C[C@@](CC(=O)N(C)Cc2n[nH]c3c2CCCCC3)(c2ccccc2F)C1=O. The summed E-state index contributed by atoms with van der Waals surface area (Å²) in [6.45, 7) is 0.518. The monoisotopic (exact) mass is 470 g/mol. The van der Waals surface area contributed by atoms with Crippen molar-refractivity contribution in [2.75, 3.05) is 27.3 Å². The van der Waals surface area contributed by atoms with E-state index < -0.39 is 23.0 Å². The van der Waals surface area contributed by atoms with Crippen molar-refractivity contribution in [2.45, 2.75) is 56.9 Å². The van der Waals surface area contributed by atoms with E-state index in [0.29, 0.717) is 0 Å². The molecular formula is C25H31FN4O4. The van der Waals surface area contributed by atoms with Crippen molar-refractivity contribution < 1.29 is 23.5 Å². The molecule has 4 rings (SSSR count). The largest absolute Gasteiger partial charge is 0.383 e. The number of aromatic amines is 1. The molecule has 8 nitrogen and oxygen atoms in total. The highest BCUT2D eigenvalue weighted by atomic mass is 19.1. The van der Waals surface area contributed by atoms with Gasteiger partial charge in [-0.3, -0.25) is 24.4 Å². The molecule has 1 aliphatic carbocycles. The average Bonchev–Trinajstić information content (AvgIpc) is 3.18. The van der Waals surface area contributed by atoms with Crippen molar-refractivity contribution in [1.82, 2.24) is 20.0 Å². The molecule has 2 heterocycles.